The number of likely N-dealkylation sites (N-methyl/N-ethyl adjacent to an activating group) is 2. The molecule has 0 bridgehead atoms. The Morgan fingerprint density at radius 1 is 1.06 bits per heavy atom. The van der Waals surface area contributed by atoms with Crippen LogP contribution in [0, 0.1) is 6.92 Å². The van der Waals surface area contributed by atoms with E-state index in [0.29, 0.717) is 9.87 Å². The molecule has 3 aromatic carbocycles. The van der Waals surface area contributed by atoms with Crippen LogP contribution in [0.25, 0.3) is 0 Å². The standard InChI is InChI=1S/C31H31ClF3N3O8S/c1-17-6-10-25(45-5)22(12-17)30(38(3)16-19(39)14-24(38)28(40)36-2)21-13-18(32)7-9-23(21)37(29(30)41)47(42,43)27-11-8-20(44-4)15-26(27)46-31(33,34)35/h6-13,15,19,24,39H,14,16H2,1-5H3/p+1/t19-,24+,30?,38?/m0/s1. The molecular formula is C31H32ClF3N3O8S+. The molecule has 47 heavy (non-hydrogen) atoms. The second kappa shape index (κ2) is 11.9. The molecule has 0 aliphatic carbocycles. The van der Waals surface area contributed by atoms with Gasteiger partial charge in [-0.05, 0) is 49.4 Å². The summed E-state index contributed by atoms with van der Waals surface area (Å²) in [5, 5.41) is 13.7. The fourth-order valence-electron chi connectivity index (χ4n) is 6.88. The summed E-state index contributed by atoms with van der Waals surface area (Å²) < 4.78 is 84.6. The second-order valence-electron chi connectivity index (χ2n) is 11.5. The summed E-state index contributed by atoms with van der Waals surface area (Å²) in [6, 6.07) is 10.5. The van der Waals surface area contributed by atoms with Gasteiger partial charge in [0.15, 0.2) is 11.8 Å². The van der Waals surface area contributed by atoms with Crippen LogP contribution in [0.4, 0.5) is 18.9 Å². The Morgan fingerprint density at radius 2 is 1.77 bits per heavy atom. The third kappa shape index (κ3) is 5.34. The number of hydrogen-bond donors (Lipinski definition) is 2. The number of halogens is 4. The number of ether oxygens (including phenoxy) is 3. The van der Waals surface area contributed by atoms with Crippen LogP contribution in [-0.4, -0.2) is 83.2 Å². The molecule has 16 heteroatoms. The van der Waals surface area contributed by atoms with Crippen molar-refractivity contribution >= 4 is 39.1 Å². The van der Waals surface area contributed by atoms with Gasteiger partial charge in [0.25, 0.3) is 15.9 Å². The number of nitrogens with zero attached hydrogens (tertiary/aromatic N) is 2. The molecule has 2 heterocycles. The SMILES string of the molecule is CNC(=O)[C@H]1C[C@H](O)C[N+]1(C)C1(c2cc(C)ccc2OC)C(=O)N(S(=O)(=O)c2ccc(OC)cc2OC(F)(F)F)c2ccc(Cl)cc21. The summed E-state index contributed by atoms with van der Waals surface area (Å²) >= 11 is 6.50. The lowest BCUT2D eigenvalue weighted by molar-refractivity contribution is -0.953. The van der Waals surface area contributed by atoms with E-state index in [4.69, 9.17) is 21.1 Å². The molecule has 2 aliphatic rings. The van der Waals surface area contributed by atoms with Gasteiger partial charge in [0.1, 0.15) is 29.0 Å². The lowest BCUT2D eigenvalue weighted by Gasteiger charge is -2.48. The molecule has 1 saturated heterocycles. The molecule has 5 rings (SSSR count). The maximum atomic E-state index is 15.4. The summed E-state index contributed by atoms with van der Waals surface area (Å²) in [7, 11) is 0.238. The van der Waals surface area contributed by atoms with Gasteiger partial charge in [0.2, 0.25) is 5.54 Å². The number of aliphatic hydroxyl groups excluding tert-OH is 1. The molecule has 2 amide bonds. The van der Waals surface area contributed by atoms with Gasteiger partial charge in [0, 0.05) is 24.6 Å². The van der Waals surface area contributed by atoms with Crippen LogP contribution in [0.5, 0.6) is 17.2 Å². The number of aryl methyl sites for hydroxylation is 1. The van der Waals surface area contributed by atoms with Gasteiger partial charge in [-0.2, -0.15) is 4.31 Å². The van der Waals surface area contributed by atoms with Gasteiger partial charge >= 0.3 is 12.3 Å². The first kappa shape index (κ1) is 34.3. The summed E-state index contributed by atoms with van der Waals surface area (Å²) in [5.41, 5.74) is -1.56. The Morgan fingerprint density at radius 3 is 2.38 bits per heavy atom. The van der Waals surface area contributed by atoms with E-state index < -0.39 is 61.0 Å². The van der Waals surface area contributed by atoms with Crippen LogP contribution in [0.1, 0.15) is 23.1 Å². The zero-order chi connectivity index (χ0) is 34.7. The number of nitrogens with one attached hydrogen (secondary N) is 1. The first-order chi connectivity index (χ1) is 22.0. The number of quaternary nitrogens is 1. The number of methoxy groups -OCH3 is 2. The molecule has 0 radical (unpaired) electrons. The van der Waals surface area contributed by atoms with Gasteiger partial charge in [-0.25, -0.2) is 8.42 Å². The minimum Gasteiger partial charge on any atom is -0.497 e. The van der Waals surface area contributed by atoms with E-state index in [0.717, 1.165) is 18.2 Å². The van der Waals surface area contributed by atoms with Crippen molar-refractivity contribution in [3.05, 3.63) is 76.3 Å². The monoisotopic (exact) mass is 698 g/mol. The zero-order valence-electron chi connectivity index (χ0n) is 25.9. The van der Waals surface area contributed by atoms with Gasteiger partial charge < -0.3 is 24.6 Å². The van der Waals surface area contributed by atoms with Crippen molar-refractivity contribution in [2.75, 3.05) is 39.2 Å². The van der Waals surface area contributed by atoms with Gasteiger partial charge in [0.05, 0.1) is 38.1 Å². The van der Waals surface area contributed by atoms with E-state index in [-0.39, 0.29) is 46.3 Å². The normalized spacial score (nSPS) is 24.2. The molecule has 2 N–H and O–H groups in total. The molecule has 2 aliphatic heterocycles. The van der Waals surface area contributed by atoms with Crippen molar-refractivity contribution in [3.63, 3.8) is 0 Å². The number of aliphatic hydroxyl groups is 1. The molecule has 0 spiro atoms. The number of alkyl halides is 3. The van der Waals surface area contributed by atoms with Crippen molar-refractivity contribution in [1.82, 2.24) is 5.32 Å². The Balaban J connectivity index is 1.91. The third-order valence-corrected chi connectivity index (χ3v) is 10.8. The lowest BCUT2D eigenvalue weighted by Crippen LogP contribution is -2.69. The van der Waals surface area contributed by atoms with E-state index in [9.17, 15) is 31.5 Å². The van der Waals surface area contributed by atoms with Crippen LogP contribution in [0.3, 0.4) is 0 Å². The highest BCUT2D eigenvalue weighted by Crippen LogP contribution is 2.58. The number of carbonyl (C=O) groups excluding carboxylic acids is 2. The Bertz CT molecular complexity index is 1870. The van der Waals surface area contributed by atoms with Crippen molar-refractivity contribution in [3.8, 4) is 17.2 Å². The van der Waals surface area contributed by atoms with E-state index in [2.05, 4.69) is 10.1 Å². The molecule has 2 unspecified atom stereocenters. The van der Waals surface area contributed by atoms with Crippen molar-refractivity contribution < 1.29 is 55.0 Å². The highest BCUT2D eigenvalue weighted by molar-refractivity contribution is 7.93. The number of fused-ring (bicyclic) bond motifs is 1. The maximum Gasteiger partial charge on any atom is 0.573 e. The first-order valence-electron chi connectivity index (χ1n) is 14.2. The number of benzene rings is 3. The average Bonchev–Trinajstić information content (AvgIpc) is 3.46. The van der Waals surface area contributed by atoms with Crippen LogP contribution in [0.2, 0.25) is 5.02 Å². The number of anilines is 1. The van der Waals surface area contributed by atoms with E-state index in [1.54, 1.807) is 32.2 Å². The Kier molecular flexibility index (Phi) is 8.67. The minimum absolute atomic E-state index is 0.0276. The van der Waals surface area contributed by atoms with Crippen LogP contribution in [-0.2, 0) is 25.2 Å². The largest absolute Gasteiger partial charge is 0.573 e. The smallest absolute Gasteiger partial charge is 0.497 e. The minimum atomic E-state index is -5.30. The van der Waals surface area contributed by atoms with Crippen molar-refractivity contribution in [2.24, 2.45) is 0 Å². The van der Waals surface area contributed by atoms with E-state index in [1.165, 1.54) is 39.5 Å². The highest BCUT2D eigenvalue weighted by atomic mass is 35.5. The first-order valence-corrected chi connectivity index (χ1v) is 16.0. The Labute approximate surface area is 274 Å². The quantitative estimate of drug-likeness (QED) is 0.339. The Hall–Kier alpha value is -4.05. The summed E-state index contributed by atoms with van der Waals surface area (Å²) in [6.07, 6.45) is -6.50. The van der Waals surface area contributed by atoms with Crippen LogP contribution < -0.4 is 23.8 Å². The number of likely N-dealkylation sites (tertiary alicyclic amines) is 1. The zero-order valence-corrected chi connectivity index (χ0v) is 27.5. The topological polar surface area (TPSA) is 131 Å². The summed E-state index contributed by atoms with van der Waals surface area (Å²) in [5.74, 6) is -2.80. The molecule has 11 nitrogen and oxygen atoms in total. The second-order valence-corrected chi connectivity index (χ2v) is 13.7. The number of amides is 2. The third-order valence-electron chi connectivity index (χ3n) is 8.79. The summed E-state index contributed by atoms with van der Waals surface area (Å²) in [4.78, 5) is 27.9. The molecule has 4 atom stereocenters. The fraction of sp³-hybridized carbons (Fsp3) is 0.355. The van der Waals surface area contributed by atoms with Gasteiger partial charge in [-0.1, -0.05) is 23.2 Å². The number of carbonyl (C=O) groups is 2. The maximum absolute atomic E-state index is 15.4. The molecule has 1 fully saturated rings. The molecule has 0 saturated carbocycles. The van der Waals surface area contributed by atoms with Gasteiger partial charge in [-0.3, -0.25) is 14.1 Å². The average molecular weight is 699 g/mol. The highest BCUT2D eigenvalue weighted by Gasteiger charge is 2.72. The number of rotatable bonds is 8. The fourth-order valence-corrected chi connectivity index (χ4v) is 8.62. The van der Waals surface area contributed by atoms with E-state index >= 15 is 4.79 Å². The van der Waals surface area contributed by atoms with Crippen LogP contribution in [0.15, 0.2) is 59.5 Å². The number of sulfonamides is 1. The van der Waals surface area contributed by atoms with Crippen molar-refractivity contribution in [2.45, 2.75) is 42.3 Å². The predicted molar refractivity (Wildman–Crippen MR) is 164 cm³/mol. The van der Waals surface area contributed by atoms with Gasteiger partial charge in [-0.15, -0.1) is 13.2 Å². The lowest BCUT2D eigenvalue weighted by atomic mass is 9.78. The molecule has 3 aromatic rings. The molecular weight excluding hydrogens is 667 g/mol. The van der Waals surface area contributed by atoms with Crippen molar-refractivity contribution in [1.29, 1.82) is 0 Å². The predicted octanol–water partition coefficient (Wildman–Crippen LogP) is 3.87. The summed E-state index contributed by atoms with van der Waals surface area (Å²) in [6.45, 7) is 1.53. The van der Waals surface area contributed by atoms with E-state index in [1.807, 2.05) is 0 Å². The molecule has 252 valence electrons. The number of hydrogen-bond acceptors (Lipinski definition) is 8. The van der Waals surface area contributed by atoms with Crippen LogP contribution >= 0.6 is 11.6 Å². The molecule has 0 aromatic heterocycles.